The number of hydrogen-bond donors (Lipinski definition) is 2. The number of piperidine rings is 1. The molecular weight excluding hydrogens is 394 g/mol. The Morgan fingerprint density at radius 2 is 1.77 bits per heavy atom. The van der Waals surface area contributed by atoms with Crippen LogP contribution in [0.2, 0.25) is 0 Å². The third-order valence-corrected chi connectivity index (χ3v) is 5.87. The van der Waals surface area contributed by atoms with Crippen molar-refractivity contribution in [3.05, 3.63) is 60.2 Å². The molecule has 1 saturated heterocycles. The van der Waals surface area contributed by atoms with Crippen LogP contribution in [0.25, 0.3) is 0 Å². The molecule has 30 heavy (non-hydrogen) atoms. The highest BCUT2D eigenvalue weighted by Gasteiger charge is 2.10. The number of aromatic nitrogens is 2. The zero-order chi connectivity index (χ0) is 20.4. The SMILES string of the molecule is c1ccc(Nc2nnc(NCCCOc3cccc(CN4CCCCC4)c3)s2)cc1. The van der Waals surface area contributed by atoms with Crippen molar-refractivity contribution in [1.82, 2.24) is 15.1 Å². The maximum absolute atomic E-state index is 5.95. The lowest BCUT2D eigenvalue weighted by Crippen LogP contribution is -2.29. The molecule has 1 aromatic heterocycles. The van der Waals surface area contributed by atoms with Crippen LogP contribution in [0.5, 0.6) is 5.75 Å². The summed E-state index contributed by atoms with van der Waals surface area (Å²) in [5.74, 6) is 0.953. The Bertz CT molecular complexity index is 895. The van der Waals surface area contributed by atoms with Gasteiger partial charge in [0.25, 0.3) is 0 Å². The fourth-order valence-corrected chi connectivity index (χ4v) is 4.25. The molecule has 0 radical (unpaired) electrons. The van der Waals surface area contributed by atoms with E-state index in [2.05, 4.69) is 43.9 Å². The van der Waals surface area contributed by atoms with Gasteiger partial charge in [0.1, 0.15) is 5.75 Å². The van der Waals surface area contributed by atoms with Gasteiger partial charge in [-0.05, 0) is 62.2 Å². The number of para-hydroxylation sites is 1. The summed E-state index contributed by atoms with van der Waals surface area (Å²) >= 11 is 1.51. The summed E-state index contributed by atoms with van der Waals surface area (Å²) in [6.07, 6.45) is 4.91. The predicted molar refractivity (Wildman–Crippen MR) is 124 cm³/mol. The molecule has 1 aliphatic heterocycles. The van der Waals surface area contributed by atoms with Gasteiger partial charge in [0.2, 0.25) is 10.3 Å². The molecule has 1 fully saturated rings. The smallest absolute Gasteiger partial charge is 0.211 e. The average molecular weight is 424 g/mol. The van der Waals surface area contributed by atoms with Crippen LogP contribution < -0.4 is 15.4 Å². The quantitative estimate of drug-likeness (QED) is 0.440. The molecule has 2 aromatic carbocycles. The molecule has 0 saturated carbocycles. The third kappa shape index (κ3) is 6.43. The molecule has 0 bridgehead atoms. The number of hydrogen-bond acceptors (Lipinski definition) is 7. The van der Waals surface area contributed by atoms with Gasteiger partial charge in [-0.3, -0.25) is 4.90 Å². The summed E-state index contributed by atoms with van der Waals surface area (Å²) in [5.41, 5.74) is 2.34. The minimum Gasteiger partial charge on any atom is -0.494 e. The summed E-state index contributed by atoms with van der Waals surface area (Å²) in [6.45, 7) is 4.92. The zero-order valence-electron chi connectivity index (χ0n) is 17.2. The molecule has 0 unspecified atom stereocenters. The van der Waals surface area contributed by atoms with Gasteiger partial charge < -0.3 is 15.4 Å². The van der Waals surface area contributed by atoms with E-state index in [9.17, 15) is 0 Å². The lowest BCUT2D eigenvalue weighted by atomic mass is 10.1. The Balaban J connectivity index is 1.15. The van der Waals surface area contributed by atoms with Crippen LogP contribution in [0.15, 0.2) is 54.6 Å². The third-order valence-electron chi connectivity index (χ3n) is 5.07. The molecule has 2 N–H and O–H groups in total. The van der Waals surface area contributed by atoms with E-state index in [1.54, 1.807) is 0 Å². The second-order valence-electron chi connectivity index (χ2n) is 7.52. The van der Waals surface area contributed by atoms with Crippen LogP contribution in [-0.2, 0) is 6.54 Å². The summed E-state index contributed by atoms with van der Waals surface area (Å²) in [4.78, 5) is 2.54. The van der Waals surface area contributed by atoms with Crippen LogP contribution in [0.3, 0.4) is 0 Å². The number of rotatable bonds is 10. The predicted octanol–water partition coefficient (Wildman–Crippen LogP) is 5.15. The van der Waals surface area contributed by atoms with Gasteiger partial charge in [0.05, 0.1) is 6.61 Å². The molecule has 0 amide bonds. The van der Waals surface area contributed by atoms with Crippen molar-refractivity contribution in [3.63, 3.8) is 0 Å². The van der Waals surface area contributed by atoms with E-state index in [-0.39, 0.29) is 0 Å². The Kier molecular flexibility index (Phi) is 7.52. The highest BCUT2D eigenvalue weighted by Crippen LogP contribution is 2.23. The van der Waals surface area contributed by atoms with Crippen LogP contribution in [0.4, 0.5) is 16.0 Å². The van der Waals surface area contributed by atoms with Crippen molar-refractivity contribution < 1.29 is 4.74 Å². The van der Waals surface area contributed by atoms with Crippen molar-refractivity contribution in [1.29, 1.82) is 0 Å². The van der Waals surface area contributed by atoms with E-state index in [0.717, 1.165) is 41.2 Å². The summed E-state index contributed by atoms with van der Waals surface area (Å²) < 4.78 is 5.95. The molecule has 7 heteroatoms. The van der Waals surface area contributed by atoms with Crippen LogP contribution >= 0.6 is 11.3 Å². The number of nitrogens with zero attached hydrogens (tertiary/aromatic N) is 3. The van der Waals surface area contributed by atoms with Crippen LogP contribution in [-0.4, -0.2) is 41.3 Å². The molecule has 0 spiro atoms. The molecule has 158 valence electrons. The number of anilines is 3. The first-order valence-electron chi connectivity index (χ1n) is 10.7. The van der Waals surface area contributed by atoms with Gasteiger partial charge in [-0.2, -0.15) is 0 Å². The van der Waals surface area contributed by atoms with Crippen molar-refractivity contribution in [2.75, 3.05) is 36.9 Å². The first-order valence-corrected chi connectivity index (χ1v) is 11.5. The highest BCUT2D eigenvalue weighted by molar-refractivity contribution is 7.19. The van der Waals surface area contributed by atoms with Crippen molar-refractivity contribution in [2.24, 2.45) is 0 Å². The van der Waals surface area contributed by atoms with Gasteiger partial charge in [-0.1, -0.05) is 48.1 Å². The lowest BCUT2D eigenvalue weighted by molar-refractivity contribution is 0.220. The molecule has 0 aliphatic carbocycles. The average Bonchev–Trinajstić information content (AvgIpc) is 3.22. The largest absolute Gasteiger partial charge is 0.494 e. The molecule has 1 aliphatic rings. The van der Waals surface area contributed by atoms with E-state index in [4.69, 9.17) is 4.74 Å². The molecular formula is C23H29N5OS. The fraction of sp³-hybridized carbons (Fsp3) is 0.391. The van der Waals surface area contributed by atoms with Gasteiger partial charge in [-0.15, -0.1) is 10.2 Å². The number of ether oxygens (including phenoxy) is 1. The van der Waals surface area contributed by atoms with E-state index in [1.807, 2.05) is 36.4 Å². The van der Waals surface area contributed by atoms with Crippen molar-refractivity contribution in [3.8, 4) is 5.75 Å². The Labute approximate surface area is 182 Å². The summed E-state index contributed by atoms with van der Waals surface area (Å²) in [5, 5.41) is 16.5. The molecule has 4 rings (SSSR count). The van der Waals surface area contributed by atoms with Crippen molar-refractivity contribution in [2.45, 2.75) is 32.2 Å². The number of likely N-dealkylation sites (tertiary alicyclic amines) is 1. The molecule has 6 nitrogen and oxygen atoms in total. The van der Waals surface area contributed by atoms with Gasteiger partial charge in [0, 0.05) is 18.8 Å². The lowest BCUT2D eigenvalue weighted by Gasteiger charge is -2.26. The maximum Gasteiger partial charge on any atom is 0.211 e. The topological polar surface area (TPSA) is 62.3 Å². The monoisotopic (exact) mass is 423 g/mol. The van der Waals surface area contributed by atoms with Crippen LogP contribution in [0, 0.1) is 0 Å². The van der Waals surface area contributed by atoms with Gasteiger partial charge in [-0.25, -0.2) is 0 Å². The van der Waals surface area contributed by atoms with E-state index in [0.29, 0.717) is 6.61 Å². The number of benzene rings is 2. The maximum atomic E-state index is 5.95. The Morgan fingerprint density at radius 1 is 0.933 bits per heavy atom. The minimum absolute atomic E-state index is 0.675. The molecule has 3 aromatic rings. The first-order chi connectivity index (χ1) is 14.8. The van der Waals surface area contributed by atoms with E-state index in [1.165, 1.54) is 49.3 Å². The second kappa shape index (κ2) is 10.9. The van der Waals surface area contributed by atoms with E-state index >= 15 is 0 Å². The first kappa shape index (κ1) is 20.6. The minimum atomic E-state index is 0.675. The normalized spacial score (nSPS) is 14.4. The second-order valence-corrected chi connectivity index (χ2v) is 8.49. The molecule has 2 heterocycles. The Hall–Kier alpha value is -2.64. The zero-order valence-corrected chi connectivity index (χ0v) is 18.0. The highest BCUT2D eigenvalue weighted by atomic mass is 32.1. The standard InChI is InChI=1S/C23H29N5OS/c1-3-10-20(11-4-1)25-23-27-26-22(30-23)24-13-8-16-29-21-12-7-9-19(17-21)18-28-14-5-2-6-15-28/h1,3-4,7,9-12,17H,2,5-6,8,13-16,18H2,(H,24,26)(H,25,27). The summed E-state index contributed by atoms with van der Waals surface area (Å²) in [7, 11) is 0. The van der Waals surface area contributed by atoms with E-state index < -0.39 is 0 Å². The summed E-state index contributed by atoms with van der Waals surface area (Å²) in [6, 6.07) is 18.5. The Morgan fingerprint density at radius 3 is 2.63 bits per heavy atom. The fourth-order valence-electron chi connectivity index (χ4n) is 3.56. The number of nitrogens with one attached hydrogen (secondary N) is 2. The van der Waals surface area contributed by atoms with Crippen LogP contribution in [0.1, 0.15) is 31.2 Å². The van der Waals surface area contributed by atoms with Crippen molar-refractivity contribution >= 4 is 27.3 Å². The molecule has 0 atom stereocenters. The van der Waals surface area contributed by atoms with Gasteiger partial charge in [0.15, 0.2) is 0 Å². The van der Waals surface area contributed by atoms with Gasteiger partial charge >= 0.3 is 0 Å².